The number of carbonyl (C=O) groups is 1. The second-order valence-corrected chi connectivity index (χ2v) is 6.02. The van der Waals surface area contributed by atoms with Crippen molar-refractivity contribution in [1.29, 1.82) is 0 Å². The van der Waals surface area contributed by atoms with Crippen LogP contribution in [0.1, 0.15) is 32.4 Å². The number of benzene rings is 1. The number of rotatable bonds is 9. The molecule has 0 aliphatic carbocycles. The Morgan fingerprint density at radius 3 is 2.70 bits per heavy atom. The summed E-state index contributed by atoms with van der Waals surface area (Å²) in [5.41, 5.74) is 1.90. The fraction of sp³-hybridized carbons (Fsp3) is 0.412. The number of carboxylic acid groups (broad SMARTS) is 1. The maximum atomic E-state index is 11.1. The van der Waals surface area contributed by atoms with E-state index in [0.29, 0.717) is 19.6 Å². The Kier molecular flexibility index (Phi) is 6.55. The summed E-state index contributed by atoms with van der Waals surface area (Å²) in [6, 6.07) is 7.31. The number of carboxylic acids is 1. The highest BCUT2D eigenvalue weighted by atomic mass is 32.1. The molecule has 1 aromatic heterocycles. The highest BCUT2D eigenvalue weighted by Gasteiger charge is 2.16. The molecule has 2 rings (SSSR count). The Balaban J connectivity index is 1.98. The van der Waals surface area contributed by atoms with Crippen LogP contribution in [-0.4, -0.2) is 28.7 Å². The molecule has 1 unspecified atom stereocenters. The number of thiazole rings is 1. The largest absolute Gasteiger partial charge is 0.494 e. The molecule has 5 nitrogen and oxygen atoms in total. The monoisotopic (exact) mass is 334 g/mol. The zero-order valence-electron chi connectivity index (χ0n) is 13.4. The van der Waals surface area contributed by atoms with Gasteiger partial charge in [-0.2, -0.15) is 0 Å². The van der Waals surface area contributed by atoms with Gasteiger partial charge in [0, 0.05) is 17.5 Å². The van der Waals surface area contributed by atoms with Crippen molar-refractivity contribution in [3.05, 3.63) is 35.3 Å². The average Bonchev–Trinajstić information content (AvgIpc) is 3.01. The number of aliphatic carboxylic acids is 1. The van der Waals surface area contributed by atoms with Gasteiger partial charge in [-0.05, 0) is 37.6 Å². The summed E-state index contributed by atoms with van der Waals surface area (Å²) >= 11 is 1.56. The van der Waals surface area contributed by atoms with Crippen molar-refractivity contribution < 1.29 is 14.6 Å². The maximum absolute atomic E-state index is 11.1. The number of ether oxygens (including phenoxy) is 1. The minimum atomic E-state index is -0.811. The van der Waals surface area contributed by atoms with Crippen LogP contribution in [-0.2, 0) is 11.3 Å². The summed E-state index contributed by atoms with van der Waals surface area (Å²) in [6.45, 7) is 5.04. The molecular weight excluding hydrogens is 312 g/mol. The van der Waals surface area contributed by atoms with E-state index >= 15 is 0 Å². The minimum Gasteiger partial charge on any atom is -0.494 e. The summed E-state index contributed by atoms with van der Waals surface area (Å²) in [5, 5.41) is 15.1. The molecule has 0 radical (unpaired) electrons. The summed E-state index contributed by atoms with van der Waals surface area (Å²) in [6.07, 6.45) is 1.45. The van der Waals surface area contributed by atoms with Crippen molar-refractivity contribution in [2.45, 2.75) is 39.3 Å². The van der Waals surface area contributed by atoms with Crippen LogP contribution >= 0.6 is 11.3 Å². The molecule has 1 heterocycles. The van der Waals surface area contributed by atoms with Crippen molar-refractivity contribution in [3.8, 4) is 16.3 Å². The third kappa shape index (κ3) is 5.04. The molecule has 0 saturated heterocycles. The van der Waals surface area contributed by atoms with Gasteiger partial charge in [0.05, 0.1) is 12.3 Å². The van der Waals surface area contributed by atoms with Crippen LogP contribution in [0.25, 0.3) is 10.6 Å². The lowest BCUT2D eigenvalue weighted by atomic mass is 10.1. The van der Waals surface area contributed by atoms with Crippen molar-refractivity contribution in [1.82, 2.24) is 10.3 Å². The van der Waals surface area contributed by atoms with Gasteiger partial charge in [0.15, 0.2) is 0 Å². The van der Waals surface area contributed by atoms with Crippen LogP contribution < -0.4 is 10.1 Å². The maximum Gasteiger partial charge on any atom is 0.320 e. The van der Waals surface area contributed by atoms with Crippen LogP contribution in [0.5, 0.6) is 5.75 Å². The molecule has 0 saturated carbocycles. The fourth-order valence-electron chi connectivity index (χ4n) is 2.21. The molecule has 0 bridgehead atoms. The van der Waals surface area contributed by atoms with E-state index in [9.17, 15) is 4.79 Å². The Morgan fingerprint density at radius 2 is 2.09 bits per heavy atom. The first-order chi connectivity index (χ1) is 11.1. The minimum absolute atomic E-state index is 0.463. The Morgan fingerprint density at radius 1 is 1.35 bits per heavy atom. The molecular formula is C17H22N2O3S. The van der Waals surface area contributed by atoms with E-state index in [2.05, 4.69) is 10.3 Å². The Labute approximate surface area is 140 Å². The van der Waals surface area contributed by atoms with Crippen LogP contribution in [0.4, 0.5) is 0 Å². The SMILES string of the molecule is CCCC(NCc1csc(-c2ccc(OCC)cc2)n1)C(=O)O. The number of hydrogen-bond acceptors (Lipinski definition) is 5. The lowest BCUT2D eigenvalue weighted by Gasteiger charge is -2.11. The molecule has 2 aromatic rings. The summed E-state index contributed by atoms with van der Waals surface area (Å²) in [5.74, 6) is 0.0346. The zero-order valence-corrected chi connectivity index (χ0v) is 14.2. The highest BCUT2D eigenvalue weighted by molar-refractivity contribution is 7.13. The van der Waals surface area contributed by atoms with Crippen LogP contribution in [0.15, 0.2) is 29.6 Å². The molecule has 0 aliphatic heterocycles. The van der Waals surface area contributed by atoms with Gasteiger partial charge in [-0.15, -0.1) is 11.3 Å². The van der Waals surface area contributed by atoms with Gasteiger partial charge in [-0.1, -0.05) is 13.3 Å². The third-order valence-electron chi connectivity index (χ3n) is 3.37. The molecule has 1 atom stereocenters. The summed E-state index contributed by atoms with van der Waals surface area (Å²) in [4.78, 5) is 15.7. The topological polar surface area (TPSA) is 71.5 Å². The van der Waals surface area contributed by atoms with Crippen LogP contribution in [0.3, 0.4) is 0 Å². The lowest BCUT2D eigenvalue weighted by Crippen LogP contribution is -2.36. The molecule has 0 fully saturated rings. The van der Waals surface area contributed by atoms with Gasteiger partial charge in [0.1, 0.15) is 16.8 Å². The van der Waals surface area contributed by atoms with E-state index < -0.39 is 12.0 Å². The van der Waals surface area contributed by atoms with Gasteiger partial charge in [-0.3, -0.25) is 10.1 Å². The van der Waals surface area contributed by atoms with E-state index in [4.69, 9.17) is 9.84 Å². The molecule has 0 aliphatic rings. The fourth-order valence-corrected chi connectivity index (χ4v) is 3.04. The molecule has 0 amide bonds. The third-order valence-corrected chi connectivity index (χ3v) is 4.31. The first kappa shape index (κ1) is 17.4. The Hall–Kier alpha value is -1.92. The lowest BCUT2D eigenvalue weighted by molar-refractivity contribution is -0.139. The van der Waals surface area contributed by atoms with Crippen molar-refractivity contribution in [3.63, 3.8) is 0 Å². The first-order valence-corrected chi connectivity index (χ1v) is 8.65. The summed E-state index contributed by atoms with van der Waals surface area (Å²) in [7, 11) is 0. The summed E-state index contributed by atoms with van der Waals surface area (Å²) < 4.78 is 5.43. The van der Waals surface area contributed by atoms with Gasteiger partial charge in [0.2, 0.25) is 0 Å². The molecule has 124 valence electrons. The second-order valence-electron chi connectivity index (χ2n) is 5.16. The predicted molar refractivity (Wildman–Crippen MR) is 91.9 cm³/mol. The molecule has 6 heteroatoms. The normalized spacial score (nSPS) is 12.1. The van der Waals surface area contributed by atoms with E-state index in [1.165, 1.54) is 0 Å². The standard InChI is InChI=1S/C17H22N2O3S/c1-3-5-15(17(20)21)18-10-13-11-23-16(19-13)12-6-8-14(9-7-12)22-4-2/h6-9,11,15,18H,3-5,10H2,1-2H3,(H,20,21). The van der Waals surface area contributed by atoms with Crippen LogP contribution in [0.2, 0.25) is 0 Å². The van der Waals surface area contributed by atoms with Gasteiger partial charge in [0.25, 0.3) is 0 Å². The molecule has 23 heavy (non-hydrogen) atoms. The predicted octanol–water partition coefficient (Wildman–Crippen LogP) is 3.55. The first-order valence-electron chi connectivity index (χ1n) is 7.77. The van der Waals surface area contributed by atoms with Gasteiger partial charge >= 0.3 is 5.97 Å². The van der Waals surface area contributed by atoms with E-state index in [0.717, 1.165) is 28.4 Å². The number of nitrogens with zero attached hydrogens (tertiary/aromatic N) is 1. The highest BCUT2D eigenvalue weighted by Crippen LogP contribution is 2.25. The van der Waals surface area contributed by atoms with Crippen molar-refractivity contribution >= 4 is 17.3 Å². The number of aromatic nitrogens is 1. The smallest absolute Gasteiger partial charge is 0.320 e. The van der Waals surface area contributed by atoms with Gasteiger partial charge < -0.3 is 9.84 Å². The average molecular weight is 334 g/mol. The number of hydrogen-bond donors (Lipinski definition) is 2. The van der Waals surface area contributed by atoms with Crippen molar-refractivity contribution in [2.24, 2.45) is 0 Å². The number of nitrogens with one attached hydrogen (secondary N) is 1. The van der Waals surface area contributed by atoms with Crippen molar-refractivity contribution in [2.75, 3.05) is 6.61 Å². The van der Waals surface area contributed by atoms with Gasteiger partial charge in [-0.25, -0.2) is 4.98 Å². The van der Waals surface area contributed by atoms with E-state index in [-0.39, 0.29) is 0 Å². The quantitative estimate of drug-likeness (QED) is 0.734. The Bertz CT molecular complexity index is 625. The molecule has 0 spiro atoms. The van der Waals surface area contributed by atoms with Crippen LogP contribution in [0, 0.1) is 0 Å². The van der Waals surface area contributed by atoms with E-state index in [1.807, 2.05) is 43.5 Å². The zero-order chi connectivity index (χ0) is 16.7. The molecule has 1 aromatic carbocycles. The second kappa shape index (κ2) is 8.64. The van der Waals surface area contributed by atoms with E-state index in [1.54, 1.807) is 11.3 Å². The molecule has 2 N–H and O–H groups in total.